The van der Waals surface area contributed by atoms with Crippen molar-refractivity contribution in [3.8, 4) is 11.5 Å². The molecule has 0 unspecified atom stereocenters. The average molecular weight is 207 g/mol. The number of aromatic nitrogens is 1. The van der Waals surface area contributed by atoms with Gasteiger partial charge in [-0.25, -0.2) is 9.37 Å². The van der Waals surface area contributed by atoms with Gasteiger partial charge in [0.2, 0.25) is 5.89 Å². The van der Waals surface area contributed by atoms with Gasteiger partial charge in [0.05, 0.1) is 6.61 Å². The first-order valence-electron chi connectivity index (χ1n) is 4.49. The Hall–Kier alpha value is -1.68. The van der Waals surface area contributed by atoms with Crippen molar-refractivity contribution in [2.75, 3.05) is 7.11 Å². The van der Waals surface area contributed by atoms with E-state index in [0.717, 1.165) is 11.3 Å². The van der Waals surface area contributed by atoms with Crippen molar-refractivity contribution in [1.29, 1.82) is 0 Å². The molecule has 0 amide bonds. The molecule has 15 heavy (non-hydrogen) atoms. The molecule has 0 spiro atoms. The van der Waals surface area contributed by atoms with Gasteiger partial charge in [0, 0.05) is 12.7 Å². The Balaban J connectivity index is 2.25. The van der Waals surface area contributed by atoms with Crippen LogP contribution in [-0.4, -0.2) is 12.1 Å². The predicted octanol–water partition coefficient (Wildman–Crippen LogP) is 2.63. The van der Waals surface area contributed by atoms with E-state index in [9.17, 15) is 4.39 Å². The SMILES string of the molecule is COCc1coc(-c2ccc(F)cc2)n1. The van der Waals surface area contributed by atoms with Gasteiger partial charge in [-0.2, -0.15) is 0 Å². The monoisotopic (exact) mass is 207 g/mol. The second-order valence-corrected chi connectivity index (χ2v) is 3.08. The number of methoxy groups -OCH3 is 1. The third-order valence-electron chi connectivity index (χ3n) is 1.94. The van der Waals surface area contributed by atoms with Gasteiger partial charge in [-0.15, -0.1) is 0 Å². The third-order valence-corrected chi connectivity index (χ3v) is 1.94. The molecule has 0 radical (unpaired) electrons. The molecule has 0 N–H and O–H groups in total. The highest BCUT2D eigenvalue weighted by atomic mass is 19.1. The van der Waals surface area contributed by atoms with Crippen molar-refractivity contribution in [1.82, 2.24) is 4.98 Å². The summed E-state index contributed by atoms with van der Waals surface area (Å²) in [5.74, 6) is 0.199. The van der Waals surface area contributed by atoms with Gasteiger partial charge in [0.15, 0.2) is 0 Å². The molecule has 2 aromatic rings. The number of ether oxygens (including phenoxy) is 1. The minimum absolute atomic E-state index is 0.276. The number of nitrogens with zero attached hydrogens (tertiary/aromatic N) is 1. The molecule has 78 valence electrons. The summed E-state index contributed by atoms with van der Waals surface area (Å²) < 4.78 is 22.8. The molecule has 0 saturated heterocycles. The lowest BCUT2D eigenvalue weighted by molar-refractivity contribution is 0.181. The molecule has 1 aromatic heterocycles. The lowest BCUT2D eigenvalue weighted by Crippen LogP contribution is -1.87. The number of benzene rings is 1. The highest BCUT2D eigenvalue weighted by molar-refractivity contribution is 5.52. The summed E-state index contributed by atoms with van der Waals surface area (Å²) in [7, 11) is 1.59. The summed E-state index contributed by atoms with van der Waals surface area (Å²) in [5.41, 5.74) is 1.47. The van der Waals surface area contributed by atoms with Crippen LogP contribution in [0, 0.1) is 5.82 Å². The van der Waals surface area contributed by atoms with E-state index in [4.69, 9.17) is 9.15 Å². The highest BCUT2D eigenvalue weighted by Crippen LogP contribution is 2.18. The standard InChI is InChI=1S/C11H10FNO2/c1-14-6-10-7-15-11(13-10)8-2-4-9(12)5-3-8/h2-5,7H,6H2,1H3. The molecule has 0 bridgehead atoms. The molecule has 3 nitrogen and oxygen atoms in total. The summed E-state index contributed by atoms with van der Waals surface area (Å²) in [6.07, 6.45) is 1.53. The fourth-order valence-corrected chi connectivity index (χ4v) is 1.25. The number of hydrogen-bond donors (Lipinski definition) is 0. The van der Waals surface area contributed by atoms with Crippen LogP contribution in [0.15, 0.2) is 34.9 Å². The van der Waals surface area contributed by atoms with Gasteiger partial charge >= 0.3 is 0 Å². The summed E-state index contributed by atoms with van der Waals surface area (Å²) in [6, 6.07) is 5.99. The normalized spacial score (nSPS) is 10.5. The van der Waals surface area contributed by atoms with Crippen LogP contribution in [0.25, 0.3) is 11.5 Å². The Labute approximate surface area is 86.5 Å². The van der Waals surface area contributed by atoms with Crippen molar-refractivity contribution < 1.29 is 13.5 Å². The van der Waals surface area contributed by atoms with E-state index in [1.165, 1.54) is 18.4 Å². The van der Waals surface area contributed by atoms with Crippen LogP contribution in [0.5, 0.6) is 0 Å². The Morgan fingerprint density at radius 1 is 1.33 bits per heavy atom. The molecule has 0 saturated carbocycles. The molecule has 0 fully saturated rings. The van der Waals surface area contributed by atoms with E-state index in [0.29, 0.717) is 12.5 Å². The topological polar surface area (TPSA) is 35.3 Å². The van der Waals surface area contributed by atoms with Crippen LogP contribution in [-0.2, 0) is 11.3 Å². The van der Waals surface area contributed by atoms with E-state index in [1.807, 2.05) is 0 Å². The lowest BCUT2D eigenvalue weighted by atomic mass is 10.2. The second-order valence-electron chi connectivity index (χ2n) is 3.08. The van der Waals surface area contributed by atoms with Gasteiger partial charge in [0.1, 0.15) is 17.8 Å². The van der Waals surface area contributed by atoms with Crippen LogP contribution in [0.2, 0.25) is 0 Å². The van der Waals surface area contributed by atoms with Crippen LogP contribution in [0.1, 0.15) is 5.69 Å². The van der Waals surface area contributed by atoms with Crippen molar-refractivity contribution in [2.45, 2.75) is 6.61 Å². The molecule has 0 aliphatic rings. The Bertz CT molecular complexity index is 436. The zero-order valence-corrected chi connectivity index (χ0v) is 8.24. The van der Waals surface area contributed by atoms with Gasteiger partial charge in [-0.05, 0) is 24.3 Å². The van der Waals surface area contributed by atoms with Crippen LogP contribution < -0.4 is 0 Å². The Morgan fingerprint density at radius 2 is 2.07 bits per heavy atom. The first kappa shape index (κ1) is 9.86. The minimum atomic E-state index is -0.276. The largest absolute Gasteiger partial charge is 0.444 e. The van der Waals surface area contributed by atoms with Crippen LogP contribution in [0.3, 0.4) is 0 Å². The summed E-state index contributed by atoms with van der Waals surface area (Å²) in [6.45, 7) is 0.407. The maximum Gasteiger partial charge on any atom is 0.226 e. The fourth-order valence-electron chi connectivity index (χ4n) is 1.25. The number of oxazole rings is 1. The summed E-state index contributed by atoms with van der Waals surface area (Å²) in [4.78, 5) is 4.19. The van der Waals surface area contributed by atoms with Crippen molar-refractivity contribution >= 4 is 0 Å². The predicted molar refractivity (Wildman–Crippen MR) is 52.6 cm³/mol. The second kappa shape index (κ2) is 4.23. The van der Waals surface area contributed by atoms with E-state index in [-0.39, 0.29) is 5.82 Å². The molecule has 2 rings (SSSR count). The van der Waals surface area contributed by atoms with Crippen molar-refractivity contribution in [2.24, 2.45) is 0 Å². The molecule has 0 aliphatic heterocycles. The minimum Gasteiger partial charge on any atom is -0.444 e. The van der Waals surface area contributed by atoms with Gasteiger partial charge in [0.25, 0.3) is 0 Å². The van der Waals surface area contributed by atoms with Gasteiger partial charge < -0.3 is 9.15 Å². The first-order chi connectivity index (χ1) is 7.29. The van der Waals surface area contributed by atoms with Crippen molar-refractivity contribution in [3.05, 3.63) is 42.0 Å². The lowest BCUT2D eigenvalue weighted by Gasteiger charge is -1.94. The van der Waals surface area contributed by atoms with Gasteiger partial charge in [-0.1, -0.05) is 0 Å². The quantitative estimate of drug-likeness (QED) is 0.776. The number of halogens is 1. The maximum atomic E-state index is 12.7. The molecule has 0 atom stereocenters. The highest BCUT2D eigenvalue weighted by Gasteiger charge is 2.06. The zero-order chi connectivity index (χ0) is 10.7. The molecule has 4 heteroatoms. The Morgan fingerprint density at radius 3 is 2.73 bits per heavy atom. The van der Waals surface area contributed by atoms with Crippen LogP contribution >= 0.6 is 0 Å². The van der Waals surface area contributed by atoms with E-state index in [1.54, 1.807) is 19.2 Å². The fraction of sp³-hybridized carbons (Fsp3) is 0.182. The third kappa shape index (κ3) is 2.22. The van der Waals surface area contributed by atoms with Gasteiger partial charge in [-0.3, -0.25) is 0 Å². The molecular weight excluding hydrogens is 197 g/mol. The van der Waals surface area contributed by atoms with E-state index >= 15 is 0 Å². The molecule has 1 aromatic carbocycles. The first-order valence-corrected chi connectivity index (χ1v) is 4.49. The van der Waals surface area contributed by atoms with Crippen molar-refractivity contribution in [3.63, 3.8) is 0 Å². The van der Waals surface area contributed by atoms with Crippen LogP contribution in [0.4, 0.5) is 4.39 Å². The molecular formula is C11H10FNO2. The maximum absolute atomic E-state index is 12.7. The zero-order valence-electron chi connectivity index (χ0n) is 8.24. The number of hydrogen-bond acceptors (Lipinski definition) is 3. The smallest absolute Gasteiger partial charge is 0.226 e. The summed E-state index contributed by atoms with van der Waals surface area (Å²) >= 11 is 0. The average Bonchev–Trinajstić information content (AvgIpc) is 2.68. The van der Waals surface area contributed by atoms with E-state index in [2.05, 4.69) is 4.98 Å². The Kier molecular flexibility index (Phi) is 2.78. The van der Waals surface area contributed by atoms with E-state index < -0.39 is 0 Å². The summed E-state index contributed by atoms with van der Waals surface area (Å²) in [5, 5.41) is 0. The number of rotatable bonds is 3. The molecule has 0 aliphatic carbocycles. The molecule has 1 heterocycles.